The van der Waals surface area contributed by atoms with Crippen LogP contribution in [-0.4, -0.2) is 29.8 Å². The number of aryl methyl sites for hydroxylation is 1. The van der Waals surface area contributed by atoms with E-state index in [2.05, 4.69) is 12.2 Å². The highest BCUT2D eigenvalue weighted by atomic mass is 16.7. The smallest absolute Gasteiger partial charge is 0.339 e. The minimum Gasteiger partial charge on any atom is -0.454 e. The summed E-state index contributed by atoms with van der Waals surface area (Å²) in [4.78, 5) is 30.8. The van der Waals surface area contributed by atoms with E-state index in [1.54, 1.807) is 25.1 Å². The summed E-state index contributed by atoms with van der Waals surface area (Å²) in [6.45, 7) is 3.90. The van der Waals surface area contributed by atoms with E-state index >= 15 is 0 Å². The molecule has 2 heterocycles. The van der Waals surface area contributed by atoms with Crippen LogP contribution < -0.4 is 14.8 Å². The minimum absolute atomic E-state index is 0.156. The van der Waals surface area contributed by atoms with Crippen LogP contribution in [0.25, 0.3) is 10.9 Å². The molecule has 164 valence electrons. The number of anilines is 1. The van der Waals surface area contributed by atoms with Gasteiger partial charge in [-0.25, -0.2) is 4.79 Å². The number of hydrogen-bond acceptors (Lipinski definition) is 6. The van der Waals surface area contributed by atoms with Gasteiger partial charge in [0.15, 0.2) is 17.6 Å². The monoisotopic (exact) mass is 432 g/mol. The van der Waals surface area contributed by atoms with Crippen LogP contribution >= 0.6 is 0 Å². The SMILES string of the molecule is CC1CCc2nc3ccccc3c(C(=O)OC(C)C(=O)Nc3ccc4c(c3)OCO4)c2C1. The van der Waals surface area contributed by atoms with Crippen LogP contribution in [-0.2, 0) is 22.4 Å². The molecule has 7 heteroatoms. The summed E-state index contributed by atoms with van der Waals surface area (Å²) in [6.07, 6.45) is 1.68. The average Bonchev–Trinajstić information content (AvgIpc) is 3.25. The third kappa shape index (κ3) is 3.75. The van der Waals surface area contributed by atoms with Crippen LogP contribution in [0.15, 0.2) is 42.5 Å². The Labute approximate surface area is 185 Å². The molecule has 5 rings (SSSR count). The lowest BCUT2D eigenvalue weighted by Gasteiger charge is -2.24. The maximum Gasteiger partial charge on any atom is 0.339 e. The van der Waals surface area contributed by atoms with Gasteiger partial charge in [0.2, 0.25) is 6.79 Å². The number of hydrogen-bond donors (Lipinski definition) is 1. The quantitative estimate of drug-likeness (QED) is 0.620. The summed E-state index contributed by atoms with van der Waals surface area (Å²) in [7, 11) is 0. The lowest BCUT2D eigenvalue weighted by Crippen LogP contribution is -2.31. The molecule has 1 aliphatic heterocycles. The first kappa shape index (κ1) is 20.3. The molecule has 0 fully saturated rings. The Hall–Kier alpha value is -3.61. The Morgan fingerprint density at radius 2 is 1.97 bits per heavy atom. The highest BCUT2D eigenvalue weighted by molar-refractivity contribution is 6.06. The van der Waals surface area contributed by atoms with Gasteiger partial charge in [0.05, 0.1) is 11.1 Å². The Balaban J connectivity index is 1.38. The van der Waals surface area contributed by atoms with Crippen LogP contribution in [0, 0.1) is 5.92 Å². The predicted molar refractivity (Wildman–Crippen MR) is 119 cm³/mol. The number of nitrogens with zero attached hydrogens (tertiary/aromatic N) is 1. The van der Waals surface area contributed by atoms with Gasteiger partial charge in [-0.3, -0.25) is 9.78 Å². The number of esters is 1. The van der Waals surface area contributed by atoms with Crippen molar-refractivity contribution in [2.45, 2.75) is 39.2 Å². The van der Waals surface area contributed by atoms with Gasteiger partial charge in [-0.15, -0.1) is 0 Å². The third-order valence-electron chi connectivity index (χ3n) is 6.00. The van der Waals surface area contributed by atoms with E-state index in [0.29, 0.717) is 28.7 Å². The van der Waals surface area contributed by atoms with Crippen molar-refractivity contribution in [2.75, 3.05) is 12.1 Å². The molecule has 1 amide bonds. The second kappa shape index (κ2) is 8.15. The number of ether oxygens (including phenoxy) is 3. The molecule has 0 spiro atoms. The highest BCUT2D eigenvalue weighted by Gasteiger charge is 2.28. The van der Waals surface area contributed by atoms with Gasteiger partial charge >= 0.3 is 5.97 Å². The van der Waals surface area contributed by atoms with Gasteiger partial charge in [0, 0.05) is 22.8 Å². The van der Waals surface area contributed by atoms with Gasteiger partial charge in [-0.1, -0.05) is 25.1 Å². The summed E-state index contributed by atoms with van der Waals surface area (Å²) in [5, 5.41) is 3.53. The van der Waals surface area contributed by atoms with Crippen LogP contribution in [0.4, 0.5) is 5.69 Å². The van der Waals surface area contributed by atoms with Crippen molar-refractivity contribution in [1.82, 2.24) is 4.98 Å². The van der Waals surface area contributed by atoms with Crippen LogP contribution in [0.5, 0.6) is 11.5 Å². The van der Waals surface area contributed by atoms with Gasteiger partial charge in [-0.2, -0.15) is 0 Å². The number of nitrogens with one attached hydrogen (secondary N) is 1. The number of aromatic nitrogens is 1. The number of pyridine rings is 1. The van der Waals surface area contributed by atoms with Crippen molar-refractivity contribution in [1.29, 1.82) is 0 Å². The van der Waals surface area contributed by atoms with Gasteiger partial charge < -0.3 is 19.5 Å². The molecule has 1 N–H and O–H groups in total. The van der Waals surface area contributed by atoms with Crippen LogP contribution in [0.1, 0.15) is 41.9 Å². The van der Waals surface area contributed by atoms with Crippen molar-refractivity contribution in [3.63, 3.8) is 0 Å². The summed E-state index contributed by atoms with van der Waals surface area (Å²) in [5.41, 5.74) is 3.73. The zero-order chi connectivity index (χ0) is 22.2. The van der Waals surface area contributed by atoms with Gasteiger partial charge in [0.25, 0.3) is 5.91 Å². The summed E-state index contributed by atoms with van der Waals surface area (Å²) < 4.78 is 16.3. The molecule has 2 unspecified atom stereocenters. The van der Waals surface area contributed by atoms with E-state index in [0.717, 1.165) is 41.4 Å². The van der Waals surface area contributed by atoms with Crippen molar-refractivity contribution >= 4 is 28.5 Å². The first-order valence-electron chi connectivity index (χ1n) is 10.8. The molecule has 0 radical (unpaired) electrons. The zero-order valence-electron chi connectivity index (χ0n) is 18.0. The number of amides is 1. The Kier molecular flexibility index (Phi) is 5.17. The summed E-state index contributed by atoms with van der Waals surface area (Å²) >= 11 is 0. The fourth-order valence-electron chi connectivity index (χ4n) is 4.29. The summed E-state index contributed by atoms with van der Waals surface area (Å²) in [6, 6.07) is 12.7. The fourth-order valence-corrected chi connectivity index (χ4v) is 4.29. The first-order chi connectivity index (χ1) is 15.5. The zero-order valence-corrected chi connectivity index (χ0v) is 18.0. The molecule has 3 aromatic rings. The number of carbonyl (C=O) groups is 2. The first-order valence-corrected chi connectivity index (χ1v) is 10.8. The molecule has 7 nitrogen and oxygen atoms in total. The van der Waals surface area contributed by atoms with E-state index in [-0.39, 0.29) is 6.79 Å². The van der Waals surface area contributed by atoms with Crippen molar-refractivity contribution < 1.29 is 23.8 Å². The molecule has 1 aliphatic carbocycles. The minimum atomic E-state index is -0.975. The molecule has 0 bridgehead atoms. The maximum absolute atomic E-state index is 13.3. The Morgan fingerprint density at radius 1 is 1.16 bits per heavy atom. The number of benzene rings is 2. The van der Waals surface area contributed by atoms with Crippen molar-refractivity contribution in [2.24, 2.45) is 5.92 Å². The number of rotatable bonds is 4. The van der Waals surface area contributed by atoms with Gasteiger partial charge in [0.1, 0.15) is 0 Å². The molecule has 2 aromatic carbocycles. The molecule has 2 aliphatic rings. The van der Waals surface area contributed by atoms with Crippen molar-refractivity contribution in [3.05, 3.63) is 59.3 Å². The van der Waals surface area contributed by atoms with E-state index in [1.165, 1.54) is 0 Å². The Morgan fingerprint density at radius 3 is 2.84 bits per heavy atom. The second-order valence-corrected chi connectivity index (χ2v) is 8.38. The molecule has 32 heavy (non-hydrogen) atoms. The second-order valence-electron chi connectivity index (χ2n) is 8.38. The standard InChI is InChI=1S/C25H24N2O5/c1-14-7-9-20-18(11-14)23(17-5-3-4-6-19(17)27-20)25(29)32-15(2)24(28)26-16-8-10-21-22(12-16)31-13-30-21/h3-6,8,10,12,14-15H,7,9,11,13H2,1-2H3,(H,26,28). The molecule has 0 saturated carbocycles. The predicted octanol–water partition coefficient (Wildman–Crippen LogP) is 4.27. The molecular weight excluding hydrogens is 408 g/mol. The Bertz CT molecular complexity index is 1220. The average molecular weight is 432 g/mol. The molecule has 2 atom stereocenters. The van der Waals surface area contributed by atoms with Crippen LogP contribution in [0.2, 0.25) is 0 Å². The van der Waals surface area contributed by atoms with E-state index in [9.17, 15) is 9.59 Å². The normalized spacial score (nSPS) is 17.5. The van der Waals surface area contributed by atoms with Crippen molar-refractivity contribution in [3.8, 4) is 11.5 Å². The number of para-hydroxylation sites is 1. The number of carbonyl (C=O) groups excluding carboxylic acids is 2. The lowest BCUT2D eigenvalue weighted by atomic mass is 9.84. The number of fused-ring (bicyclic) bond motifs is 3. The molecular formula is C25H24N2O5. The van der Waals surface area contributed by atoms with Gasteiger partial charge in [-0.05, 0) is 55.9 Å². The lowest BCUT2D eigenvalue weighted by molar-refractivity contribution is -0.123. The van der Waals surface area contributed by atoms with E-state index < -0.39 is 18.0 Å². The van der Waals surface area contributed by atoms with E-state index in [4.69, 9.17) is 19.2 Å². The topological polar surface area (TPSA) is 86.8 Å². The maximum atomic E-state index is 13.3. The van der Waals surface area contributed by atoms with Crippen LogP contribution in [0.3, 0.4) is 0 Å². The highest BCUT2D eigenvalue weighted by Crippen LogP contribution is 2.35. The fraction of sp³-hybridized carbons (Fsp3) is 0.320. The van der Waals surface area contributed by atoms with E-state index in [1.807, 2.05) is 24.3 Å². The molecule has 0 saturated heterocycles. The summed E-state index contributed by atoms with van der Waals surface area (Å²) in [5.74, 6) is 0.742. The molecule has 1 aromatic heterocycles. The third-order valence-corrected chi connectivity index (χ3v) is 6.00. The largest absolute Gasteiger partial charge is 0.454 e.